The quantitative estimate of drug-likeness (QED) is 0.851. The maximum atomic E-state index is 11.4. The van der Waals surface area contributed by atoms with Crippen LogP contribution in [0.5, 0.6) is 0 Å². The molecule has 1 N–H and O–H groups in total. The fourth-order valence-electron chi connectivity index (χ4n) is 2.71. The van der Waals surface area contributed by atoms with Gasteiger partial charge in [0.2, 0.25) is 5.91 Å². The van der Waals surface area contributed by atoms with Gasteiger partial charge in [-0.25, -0.2) is 0 Å². The fraction of sp³-hybridized carbons (Fsp3) is 0.500. The Morgan fingerprint density at radius 2 is 1.50 bits per heavy atom. The monoisotopic (exact) mass is 245 g/mol. The van der Waals surface area contributed by atoms with E-state index in [1.165, 1.54) is 31.6 Å². The highest BCUT2D eigenvalue weighted by molar-refractivity contribution is 5.82. The predicted molar refractivity (Wildman–Crippen MR) is 73.1 cm³/mol. The van der Waals surface area contributed by atoms with Crippen LogP contribution in [0.1, 0.15) is 12.8 Å². The second kappa shape index (κ2) is 4.88. The van der Waals surface area contributed by atoms with Gasteiger partial charge >= 0.3 is 0 Å². The predicted octanol–water partition coefficient (Wildman–Crippen LogP) is 1.22. The lowest BCUT2D eigenvalue weighted by atomic mass is 10.2. The van der Waals surface area contributed by atoms with Gasteiger partial charge in [0, 0.05) is 37.6 Å². The van der Waals surface area contributed by atoms with Crippen LogP contribution in [0.4, 0.5) is 11.4 Å². The first-order chi connectivity index (χ1) is 8.83. The number of hydrogen-bond acceptors (Lipinski definition) is 3. The average molecular weight is 245 g/mol. The Hall–Kier alpha value is -1.71. The van der Waals surface area contributed by atoms with Crippen molar-refractivity contribution >= 4 is 17.3 Å². The lowest BCUT2D eigenvalue weighted by Crippen LogP contribution is -2.47. The molecule has 0 unspecified atom stereocenters. The number of piperazine rings is 1. The van der Waals surface area contributed by atoms with Crippen molar-refractivity contribution in [2.75, 3.05) is 42.5 Å². The van der Waals surface area contributed by atoms with E-state index in [-0.39, 0.29) is 5.91 Å². The van der Waals surface area contributed by atoms with Crippen molar-refractivity contribution in [1.82, 2.24) is 5.32 Å². The minimum absolute atomic E-state index is 0.116. The first-order valence-corrected chi connectivity index (χ1v) is 6.69. The third-order valence-electron chi connectivity index (χ3n) is 3.72. The SMILES string of the molecule is O=C1CN(c2ccc(N3CCCC3)cc2)CCN1. The number of anilines is 2. The Labute approximate surface area is 108 Å². The molecule has 1 aromatic rings. The van der Waals surface area contributed by atoms with Crippen molar-refractivity contribution in [2.45, 2.75) is 12.8 Å². The lowest BCUT2D eigenvalue weighted by molar-refractivity contribution is -0.120. The van der Waals surface area contributed by atoms with Gasteiger partial charge in [0.15, 0.2) is 0 Å². The zero-order valence-corrected chi connectivity index (χ0v) is 10.6. The van der Waals surface area contributed by atoms with E-state index in [1.807, 2.05) is 0 Å². The summed E-state index contributed by atoms with van der Waals surface area (Å²) in [6.07, 6.45) is 2.60. The van der Waals surface area contributed by atoms with Crippen LogP contribution in [0.3, 0.4) is 0 Å². The summed E-state index contributed by atoms with van der Waals surface area (Å²) in [7, 11) is 0. The Morgan fingerprint density at radius 1 is 0.889 bits per heavy atom. The molecule has 1 amide bonds. The fourth-order valence-corrected chi connectivity index (χ4v) is 2.71. The van der Waals surface area contributed by atoms with Gasteiger partial charge in [-0.3, -0.25) is 4.79 Å². The molecule has 0 bridgehead atoms. The molecular weight excluding hydrogens is 226 g/mol. The second-order valence-corrected chi connectivity index (χ2v) is 4.98. The van der Waals surface area contributed by atoms with E-state index in [1.54, 1.807) is 0 Å². The number of carbonyl (C=O) groups excluding carboxylic acids is 1. The van der Waals surface area contributed by atoms with Gasteiger partial charge in [-0.05, 0) is 37.1 Å². The van der Waals surface area contributed by atoms with Gasteiger partial charge in [0.05, 0.1) is 6.54 Å². The summed E-state index contributed by atoms with van der Waals surface area (Å²) in [6.45, 7) is 4.46. The minimum Gasteiger partial charge on any atom is -0.372 e. The molecule has 4 nitrogen and oxygen atoms in total. The van der Waals surface area contributed by atoms with Crippen molar-refractivity contribution in [2.24, 2.45) is 0 Å². The van der Waals surface area contributed by atoms with Crippen LogP contribution in [-0.4, -0.2) is 38.6 Å². The van der Waals surface area contributed by atoms with E-state index in [0.717, 1.165) is 18.8 Å². The molecule has 96 valence electrons. The van der Waals surface area contributed by atoms with E-state index in [9.17, 15) is 4.79 Å². The van der Waals surface area contributed by atoms with Crippen molar-refractivity contribution in [3.63, 3.8) is 0 Å². The number of rotatable bonds is 2. The van der Waals surface area contributed by atoms with Crippen molar-refractivity contribution in [3.05, 3.63) is 24.3 Å². The average Bonchev–Trinajstić information content (AvgIpc) is 2.93. The van der Waals surface area contributed by atoms with Crippen LogP contribution >= 0.6 is 0 Å². The third kappa shape index (κ3) is 2.28. The molecule has 2 aliphatic rings. The second-order valence-electron chi connectivity index (χ2n) is 4.98. The van der Waals surface area contributed by atoms with Crippen LogP contribution in [0.25, 0.3) is 0 Å². The van der Waals surface area contributed by atoms with Gasteiger partial charge in [-0.15, -0.1) is 0 Å². The highest BCUT2D eigenvalue weighted by Gasteiger charge is 2.17. The number of hydrogen-bond donors (Lipinski definition) is 1. The van der Waals surface area contributed by atoms with E-state index >= 15 is 0 Å². The number of nitrogens with zero attached hydrogens (tertiary/aromatic N) is 2. The van der Waals surface area contributed by atoms with Crippen molar-refractivity contribution < 1.29 is 4.79 Å². The molecular formula is C14H19N3O. The first-order valence-electron chi connectivity index (χ1n) is 6.69. The number of amides is 1. The van der Waals surface area contributed by atoms with Crippen molar-refractivity contribution in [1.29, 1.82) is 0 Å². The van der Waals surface area contributed by atoms with E-state index in [0.29, 0.717) is 6.54 Å². The Morgan fingerprint density at radius 3 is 2.11 bits per heavy atom. The number of nitrogens with one attached hydrogen (secondary N) is 1. The Bertz CT molecular complexity index is 423. The summed E-state index contributed by atoms with van der Waals surface area (Å²) in [5.41, 5.74) is 2.45. The van der Waals surface area contributed by atoms with Crippen LogP contribution in [0, 0.1) is 0 Å². The largest absolute Gasteiger partial charge is 0.372 e. The molecule has 0 aliphatic carbocycles. The normalized spacial score (nSPS) is 20.1. The molecule has 0 aromatic heterocycles. The maximum Gasteiger partial charge on any atom is 0.239 e. The molecule has 2 heterocycles. The summed E-state index contributed by atoms with van der Waals surface area (Å²) >= 11 is 0. The molecule has 18 heavy (non-hydrogen) atoms. The molecule has 4 heteroatoms. The van der Waals surface area contributed by atoms with Crippen molar-refractivity contribution in [3.8, 4) is 0 Å². The van der Waals surface area contributed by atoms with Crippen LogP contribution in [0.15, 0.2) is 24.3 Å². The van der Waals surface area contributed by atoms with E-state index < -0.39 is 0 Å². The lowest BCUT2D eigenvalue weighted by Gasteiger charge is -2.29. The summed E-state index contributed by atoms with van der Waals surface area (Å²) < 4.78 is 0. The summed E-state index contributed by atoms with van der Waals surface area (Å²) in [4.78, 5) is 15.9. The topological polar surface area (TPSA) is 35.6 Å². The summed E-state index contributed by atoms with van der Waals surface area (Å²) in [5, 5.41) is 2.85. The highest BCUT2D eigenvalue weighted by Crippen LogP contribution is 2.24. The smallest absolute Gasteiger partial charge is 0.239 e. The maximum absolute atomic E-state index is 11.4. The van der Waals surface area contributed by atoms with Gasteiger partial charge in [0.1, 0.15) is 0 Å². The van der Waals surface area contributed by atoms with E-state index in [2.05, 4.69) is 39.4 Å². The zero-order chi connectivity index (χ0) is 12.4. The number of benzene rings is 1. The zero-order valence-electron chi connectivity index (χ0n) is 10.6. The molecule has 1 aromatic carbocycles. The summed E-state index contributed by atoms with van der Waals surface area (Å²) in [6, 6.07) is 8.61. The molecule has 2 aliphatic heterocycles. The first kappa shape index (κ1) is 11.4. The van der Waals surface area contributed by atoms with Crippen LogP contribution in [0.2, 0.25) is 0 Å². The highest BCUT2D eigenvalue weighted by atomic mass is 16.2. The van der Waals surface area contributed by atoms with Gasteiger partial charge in [0.25, 0.3) is 0 Å². The summed E-state index contributed by atoms with van der Waals surface area (Å²) in [5.74, 6) is 0.116. The molecule has 0 saturated carbocycles. The van der Waals surface area contributed by atoms with Crippen LogP contribution in [-0.2, 0) is 4.79 Å². The molecule has 3 rings (SSSR count). The van der Waals surface area contributed by atoms with Gasteiger partial charge < -0.3 is 15.1 Å². The minimum atomic E-state index is 0.116. The standard InChI is InChI=1S/C14H19N3O/c18-14-11-17(10-7-15-14)13-5-3-12(4-6-13)16-8-1-2-9-16/h3-6H,1-2,7-11H2,(H,15,18). The Kier molecular flexibility index (Phi) is 3.09. The van der Waals surface area contributed by atoms with E-state index in [4.69, 9.17) is 0 Å². The molecule has 2 fully saturated rings. The molecule has 0 radical (unpaired) electrons. The van der Waals surface area contributed by atoms with Gasteiger partial charge in [-0.1, -0.05) is 0 Å². The molecule has 2 saturated heterocycles. The third-order valence-corrected chi connectivity index (χ3v) is 3.72. The van der Waals surface area contributed by atoms with Gasteiger partial charge in [-0.2, -0.15) is 0 Å². The number of carbonyl (C=O) groups is 1. The molecule has 0 spiro atoms. The Balaban J connectivity index is 1.71. The van der Waals surface area contributed by atoms with Crippen LogP contribution < -0.4 is 15.1 Å². The molecule has 0 atom stereocenters.